The van der Waals surface area contributed by atoms with Crippen molar-refractivity contribution in [3.63, 3.8) is 0 Å². The maximum atomic E-state index is 13.2. The molecular weight excluding hydrogens is 610 g/mol. The summed E-state index contributed by atoms with van der Waals surface area (Å²) >= 11 is 0. The van der Waals surface area contributed by atoms with Gasteiger partial charge in [0.25, 0.3) is 0 Å². The van der Waals surface area contributed by atoms with Crippen LogP contribution in [0.3, 0.4) is 0 Å². The Kier molecular flexibility index (Phi) is 9.09. The van der Waals surface area contributed by atoms with Crippen LogP contribution in [0.1, 0.15) is 0 Å². The molecule has 1 fully saturated rings. The summed E-state index contributed by atoms with van der Waals surface area (Å²) in [6.45, 7) is -0.608. The first-order valence-corrected chi connectivity index (χ1v) is 14.0. The summed E-state index contributed by atoms with van der Waals surface area (Å²) in [6.07, 6.45) is -10.1. The van der Waals surface area contributed by atoms with Crippen molar-refractivity contribution in [1.82, 2.24) is 0 Å². The third-order valence-corrected chi connectivity index (χ3v) is 6.99. The minimum Gasteiger partial charge on any atom is -0.454 e. The lowest BCUT2D eigenvalue weighted by Gasteiger charge is -2.43. The van der Waals surface area contributed by atoms with E-state index in [1.807, 2.05) is 0 Å². The van der Waals surface area contributed by atoms with Gasteiger partial charge in [0.2, 0.25) is 13.6 Å². The van der Waals surface area contributed by atoms with E-state index in [1.165, 1.54) is 19.2 Å². The van der Waals surface area contributed by atoms with E-state index in [4.69, 9.17) is 42.6 Å². The maximum absolute atomic E-state index is 13.2. The van der Waals surface area contributed by atoms with Gasteiger partial charge in [-0.25, -0.2) is 14.4 Å². The molecule has 46 heavy (non-hydrogen) atoms. The number of hydrogen-bond donors (Lipinski definition) is 4. The summed E-state index contributed by atoms with van der Waals surface area (Å²) < 4.78 is 49.5. The summed E-state index contributed by atoms with van der Waals surface area (Å²) in [4.78, 5) is 39.3. The number of fused-ring (bicyclic) bond motifs is 2. The standard InChI is InChI=1S/C30H29N3O13/c1-38-27-26(46-30(37)33-18-8-10-20-22(12-18)42-15-40-20)25(45-29(36)32-17-7-9-19-21(11-17)41-14-39-19)24(23(13-34)43-27)44-28(35)31-16-5-3-2-4-6-16/h2-12,23-27,34H,13-15H2,1H3,(H,31,35)(H,32,36)(H,33,37)/t23-,24-,25+,26-,27+/m1/s1. The molecule has 0 radical (unpaired) electrons. The number of hydrogen-bond acceptors (Lipinski definition) is 13. The minimum atomic E-state index is -1.55. The van der Waals surface area contributed by atoms with Crippen LogP contribution in [-0.2, 0) is 23.7 Å². The Hall–Kier alpha value is -5.45. The zero-order valence-electron chi connectivity index (χ0n) is 24.2. The van der Waals surface area contributed by atoms with Gasteiger partial charge >= 0.3 is 18.3 Å². The predicted octanol–water partition coefficient (Wildman–Crippen LogP) is 3.66. The number of benzene rings is 3. The van der Waals surface area contributed by atoms with E-state index in [2.05, 4.69) is 16.0 Å². The largest absolute Gasteiger partial charge is 0.454 e. The van der Waals surface area contributed by atoms with E-state index in [0.717, 1.165) is 0 Å². The molecule has 0 aromatic heterocycles. The van der Waals surface area contributed by atoms with Crippen LogP contribution >= 0.6 is 0 Å². The maximum Gasteiger partial charge on any atom is 0.412 e. The summed E-state index contributed by atoms with van der Waals surface area (Å²) in [5, 5.41) is 17.8. The molecule has 3 aliphatic heterocycles. The quantitative estimate of drug-likeness (QED) is 0.262. The summed E-state index contributed by atoms with van der Waals surface area (Å²) in [5.41, 5.74) is 1.01. The molecule has 3 amide bonds. The summed E-state index contributed by atoms with van der Waals surface area (Å²) in [5.74, 6) is 1.82. The normalized spacial score (nSPS) is 22.3. The average Bonchev–Trinajstić information content (AvgIpc) is 3.72. The number of carbonyl (C=O) groups excluding carboxylic acids is 3. The minimum absolute atomic E-state index is 0.0314. The topological polar surface area (TPSA) is 191 Å². The molecule has 16 heteroatoms. The lowest BCUT2D eigenvalue weighted by molar-refractivity contribution is -0.290. The molecule has 0 saturated carbocycles. The molecule has 6 rings (SSSR count). The second kappa shape index (κ2) is 13.7. The van der Waals surface area contributed by atoms with Crippen LogP contribution in [0.25, 0.3) is 0 Å². The van der Waals surface area contributed by atoms with Crippen LogP contribution in [0.5, 0.6) is 23.0 Å². The fourth-order valence-corrected chi connectivity index (χ4v) is 4.90. The van der Waals surface area contributed by atoms with Gasteiger partial charge in [0.05, 0.1) is 6.61 Å². The molecule has 1 saturated heterocycles. The SMILES string of the molecule is CO[C@H]1O[C@H](CO)[C@@H](OC(=O)Nc2ccccc2)[C@H](OC(=O)Nc2ccc3c(c2)OCO3)[C@H]1OC(=O)Nc1ccc2c(c1)OCO2. The van der Waals surface area contributed by atoms with Gasteiger partial charge in [-0.2, -0.15) is 0 Å². The van der Waals surface area contributed by atoms with Gasteiger partial charge in [-0.1, -0.05) is 18.2 Å². The van der Waals surface area contributed by atoms with Crippen LogP contribution in [0.4, 0.5) is 31.4 Å². The molecule has 3 aliphatic rings. The molecule has 3 heterocycles. The lowest BCUT2D eigenvalue weighted by Crippen LogP contribution is -2.63. The van der Waals surface area contributed by atoms with E-state index in [-0.39, 0.29) is 13.6 Å². The highest BCUT2D eigenvalue weighted by molar-refractivity contribution is 5.87. The van der Waals surface area contributed by atoms with E-state index in [0.29, 0.717) is 40.1 Å². The second-order valence-corrected chi connectivity index (χ2v) is 9.95. The molecule has 0 aliphatic carbocycles. The Balaban J connectivity index is 1.24. The molecular formula is C30H29N3O13. The van der Waals surface area contributed by atoms with Crippen LogP contribution in [-0.4, -0.2) is 81.4 Å². The number of carbonyl (C=O) groups is 3. The van der Waals surface area contributed by atoms with Gasteiger partial charge in [-0.05, 0) is 36.4 Å². The molecule has 3 aromatic carbocycles. The monoisotopic (exact) mass is 639 g/mol. The van der Waals surface area contributed by atoms with Crippen molar-refractivity contribution in [3.8, 4) is 23.0 Å². The zero-order chi connectivity index (χ0) is 32.0. The molecule has 0 spiro atoms. The molecule has 16 nitrogen and oxygen atoms in total. The fourth-order valence-electron chi connectivity index (χ4n) is 4.90. The predicted molar refractivity (Wildman–Crippen MR) is 156 cm³/mol. The smallest absolute Gasteiger partial charge is 0.412 e. The molecule has 4 N–H and O–H groups in total. The number of ether oxygens (including phenoxy) is 9. The zero-order valence-corrected chi connectivity index (χ0v) is 24.2. The van der Waals surface area contributed by atoms with E-state index < -0.39 is 55.6 Å². The van der Waals surface area contributed by atoms with Crippen molar-refractivity contribution in [2.75, 3.05) is 43.3 Å². The number of anilines is 3. The fraction of sp³-hybridized carbons (Fsp3) is 0.300. The van der Waals surface area contributed by atoms with Crippen LogP contribution in [0, 0.1) is 0 Å². The van der Waals surface area contributed by atoms with Crippen molar-refractivity contribution in [1.29, 1.82) is 0 Å². The van der Waals surface area contributed by atoms with Crippen molar-refractivity contribution in [2.24, 2.45) is 0 Å². The number of amides is 3. The van der Waals surface area contributed by atoms with Gasteiger partial charge in [-0.15, -0.1) is 0 Å². The first kappa shape index (κ1) is 30.6. The van der Waals surface area contributed by atoms with Crippen LogP contribution in [0.15, 0.2) is 66.7 Å². The highest BCUT2D eigenvalue weighted by Gasteiger charge is 2.53. The number of nitrogens with one attached hydrogen (secondary N) is 3. The summed E-state index contributed by atoms with van der Waals surface area (Å²) in [7, 11) is 1.26. The molecule has 5 atom stereocenters. The Morgan fingerprint density at radius 3 is 1.72 bits per heavy atom. The first-order chi connectivity index (χ1) is 22.4. The molecule has 0 bridgehead atoms. The molecule has 0 unspecified atom stereocenters. The van der Waals surface area contributed by atoms with Gasteiger partial charge in [0, 0.05) is 36.3 Å². The Labute approximate surface area is 261 Å². The number of rotatable bonds is 8. The number of methoxy groups -OCH3 is 1. The van der Waals surface area contributed by atoms with Gasteiger partial charge < -0.3 is 47.7 Å². The van der Waals surface area contributed by atoms with Gasteiger partial charge in [-0.3, -0.25) is 16.0 Å². The Morgan fingerprint density at radius 1 is 0.674 bits per heavy atom. The number of aliphatic hydroxyl groups is 1. The highest BCUT2D eigenvalue weighted by Crippen LogP contribution is 2.36. The number of aliphatic hydroxyl groups excluding tert-OH is 1. The van der Waals surface area contributed by atoms with Crippen molar-refractivity contribution in [2.45, 2.75) is 30.7 Å². The third-order valence-electron chi connectivity index (χ3n) is 6.99. The highest BCUT2D eigenvalue weighted by atomic mass is 16.7. The van der Waals surface area contributed by atoms with Crippen LogP contribution in [0.2, 0.25) is 0 Å². The molecule has 242 valence electrons. The van der Waals surface area contributed by atoms with Gasteiger partial charge in [0.15, 0.2) is 47.6 Å². The second-order valence-electron chi connectivity index (χ2n) is 9.95. The van der Waals surface area contributed by atoms with E-state index in [9.17, 15) is 19.5 Å². The average molecular weight is 640 g/mol. The Morgan fingerprint density at radius 2 is 1.17 bits per heavy atom. The van der Waals surface area contributed by atoms with E-state index >= 15 is 0 Å². The third kappa shape index (κ3) is 6.93. The lowest BCUT2D eigenvalue weighted by atomic mass is 9.98. The first-order valence-electron chi connectivity index (χ1n) is 14.0. The van der Waals surface area contributed by atoms with E-state index in [1.54, 1.807) is 54.6 Å². The van der Waals surface area contributed by atoms with Crippen molar-refractivity contribution < 1.29 is 62.1 Å². The Bertz CT molecular complexity index is 1570. The van der Waals surface area contributed by atoms with Crippen LogP contribution < -0.4 is 34.9 Å². The number of para-hydroxylation sites is 1. The van der Waals surface area contributed by atoms with Crippen molar-refractivity contribution in [3.05, 3.63) is 66.7 Å². The molecule has 3 aromatic rings. The van der Waals surface area contributed by atoms with Crippen molar-refractivity contribution >= 4 is 35.3 Å². The summed E-state index contributed by atoms with van der Waals surface area (Å²) in [6, 6.07) is 17.8. The van der Waals surface area contributed by atoms with Gasteiger partial charge in [0.1, 0.15) is 6.10 Å².